The molecule has 2 aromatic rings. The summed E-state index contributed by atoms with van der Waals surface area (Å²) in [5.74, 6) is -0.166. The largest absolute Gasteiger partial charge is 0.388 e. The topological polar surface area (TPSA) is 71.8 Å². The number of pyridine rings is 1. The molecule has 0 spiro atoms. The molecule has 0 atom stereocenters. The van der Waals surface area contributed by atoms with Gasteiger partial charge in [0.15, 0.2) is 0 Å². The van der Waals surface area contributed by atoms with Gasteiger partial charge in [-0.25, -0.2) is 0 Å². The first kappa shape index (κ1) is 13.1. The van der Waals surface area contributed by atoms with Crippen molar-refractivity contribution in [2.45, 2.75) is 6.42 Å². The third-order valence-corrected chi connectivity index (χ3v) is 2.74. The van der Waals surface area contributed by atoms with Crippen molar-refractivity contribution in [1.29, 1.82) is 0 Å². The molecule has 0 aliphatic carbocycles. The summed E-state index contributed by atoms with van der Waals surface area (Å²) in [5.41, 5.74) is 2.38. The molecular formula is C13H17N5O. The van der Waals surface area contributed by atoms with E-state index in [2.05, 4.69) is 20.7 Å². The van der Waals surface area contributed by atoms with Gasteiger partial charge in [-0.3, -0.25) is 14.5 Å². The van der Waals surface area contributed by atoms with Gasteiger partial charge in [0.05, 0.1) is 6.20 Å². The highest BCUT2D eigenvalue weighted by Crippen LogP contribution is 2.06. The molecule has 6 heteroatoms. The maximum Gasteiger partial charge on any atom is 0.269 e. The van der Waals surface area contributed by atoms with Crippen molar-refractivity contribution in [2.75, 3.05) is 18.9 Å². The van der Waals surface area contributed by atoms with E-state index in [1.54, 1.807) is 30.2 Å². The van der Waals surface area contributed by atoms with Crippen molar-refractivity contribution in [3.05, 3.63) is 42.0 Å². The van der Waals surface area contributed by atoms with Crippen molar-refractivity contribution in [3.8, 4) is 0 Å². The molecule has 2 heterocycles. The highest BCUT2D eigenvalue weighted by atomic mass is 16.1. The average molecular weight is 259 g/mol. The monoisotopic (exact) mass is 259 g/mol. The molecule has 100 valence electrons. The molecule has 6 nitrogen and oxygen atoms in total. The number of amides is 1. The Bertz CT molecular complexity index is 564. The van der Waals surface area contributed by atoms with Gasteiger partial charge in [0.25, 0.3) is 5.91 Å². The first-order chi connectivity index (χ1) is 9.19. The molecule has 2 rings (SSSR count). The number of rotatable bonds is 5. The number of carbonyl (C=O) groups excluding carboxylic acids is 1. The standard InChI is InChI=1S/C13H17N5O/c1-14-11-4-6-15-12(7-11)13(19)16-5-3-10-8-17-18(2)9-10/h4,6-9H,3,5H2,1-2H3,(H,14,15)(H,16,19). The second-order valence-corrected chi connectivity index (χ2v) is 4.21. The van der Waals surface area contributed by atoms with Crippen molar-refractivity contribution in [2.24, 2.45) is 7.05 Å². The Morgan fingerprint density at radius 1 is 1.47 bits per heavy atom. The lowest BCUT2D eigenvalue weighted by Crippen LogP contribution is -2.26. The zero-order valence-electron chi connectivity index (χ0n) is 11.1. The maximum atomic E-state index is 11.9. The van der Waals surface area contributed by atoms with Crippen LogP contribution in [0.1, 0.15) is 16.1 Å². The Labute approximate surface area is 111 Å². The molecule has 0 radical (unpaired) electrons. The minimum absolute atomic E-state index is 0.166. The molecule has 0 aromatic carbocycles. The normalized spacial score (nSPS) is 10.2. The zero-order valence-corrected chi connectivity index (χ0v) is 11.1. The number of carbonyl (C=O) groups is 1. The highest BCUT2D eigenvalue weighted by Gasteiger charge is 2.07. The van der Waals surface area contributed by atoms with Crippen LogP contribution in [0.3, 0.4) is 0 Å². The SMILES string of the molecule is CNc1ccnc(C(=O)NCCc2cnn(C)c2)c1. The lowest BCUT2D eigenvalue weighted by Gasteiger charge is -2.05. The van der Waals surface area contributed by atoms with E-state index in [1.165, 1.54) is 0 Å². The van der Waals surface area contributed by atoms with Crippen LogP contribution in [0.5, 0.6) is 0 Å². The molecule has 0 bridgehead atoms. The van der Waals surface area contributed by atoms with E-state index in [4.69, 9.17) is 0 Å². The van der Waals surface area contributed by atoms with Crippen LogP contribution < -0.4 is 10.6 Å². The first-order valence-electron chi connectivity index (χ1n) is 6.08. The third-order valence-electron chi connectivity index (χ3n) is 2.74. The van der Waals surface area contributed by atoms with E-state index < -0.39 is 0 Å². The van der Waals surface area contributed by atoms with E-state index in [-0.39, 0.29) is 5.91 Å². The Hall–Kier alpha value is -2.37. The molecule has 0 fully saturated rings. The lowest BCUT2D eigenvalue weighted by atomic mass is 10.2. The number of hydrogen-bond donors (Lipinski definition) is 2. The van der Waals surface area contributed by atoms with E-state index >= 15 is 0 Å². The van der Waals surface area contributed by atoms with Crippen LogP contribution >= 0.6 is 0 Å². The Balaban J connectivity index is 1.87. The molecule has 0 saturated carbocycles. The summed E-state index contributed by atoms with van der Waals surface area (Å²) in [6.07, 6.45) is 6.10. The summed E-state index contributed by atoms with van der Waals surface area (Å²) in [4.78, 5) is 15.9. The fraction of sp³-hybridized carbons (Fsp3) is 0.308. The van der Waals surface area contributed by atoms with Crippen LogP contribution in [0.4, 0.5) is 5.69 Å². The van der Waals surface area contributed by atoms with Gasteiger partial charge in [0.2, 0.25) is 0 Å². The van der Waals surface area contributed by atoms with Crippen LogP contribution in [0.15, 0.2) is 30.7 Å². The lowest BCUT2D eigenvalue weighted by molar-refractivity contribution is 0.0949. The number of nitrogens with one attached hydrogen (secondary N) is 2. The molecule has 2 N–H and O–H groups in total. The second kappa shape index (κ2) is 5.99. The van der Waals surface area contributed by atoms with Gasteiger partial charge in [-0.05, 0) is 24.1 Å². The molecule has 0 aliphatic rings. The molecule has 0 aliphatic heterocycles. The molecule has 19 heavy (non-hydrogen) atoms. The summed E-state index contributed by atoms with van der Waals surface area (Å²) in [6.45, 7) is 0.565. The van der Waals surface area contributed by atoms with Crippen molar-refractivity contribution in [1.82, 2.24) is 20.1 Å². The van der Waals surface area contributed by atoms with Crippen LogP contribution in [0, 0.1) is 0 Å². The Morgan fingerprint density at radius 3 is 3.00 bits per heavy atom. The number of aryl methyl sites for hydroxylation is 1. The maximum absolute atomic E-state index is 11.9. The van der Waals surface area contributed by atoms with Crippen LogP contribution in [0.25, 0.3) is 0 Å². The fourth-order valence-corrected chi connectivity index (χ4v) is 1.72. The van der Waals surface area contributed by atoms with Gasteiger partial charge in [-0.1, -0.05) is 0 Å². The first-order valence-corrected chi connectivity index (χ1v) is 6.08. The van der Waals surface area contributed by atoms with Crippen molar-refractivity contribution >= 4 is 11.6 Å². The number of hydrogen-bond acceptors (Lipinski definition) is 4. The van der Waals surface area contributed by atoms with E-state index in [1.807, 2.05) is 19.3 Å². The molecule has 0 unspecified atom stereocenters. The highest BCUT2D eigenvalue weighted by molar-refractivity contribution is 5.93. The van der Waals surface area contributed by atoms with Crippen molar-refractivity contribution in [3.63, 3.8) is 0 Å². The van der Waals surface area contributed by atoms with Gasteiger partial charge in [-0.15, -0.1) is 0 Å². The number of aromatic nitrogens is 3. The Kier molecular flexibility index (Phi) is 4.12. The molecule has 1 amide bonds. The average Bonchev–Trinajstić information content (AvgIpc) is 2.84. The van der Waals surface area contributed by atoms with Gasteiger partial charge >= 0.3 is 0 Å². The van der Waals surface area contributed by atoms with Gasteiger partial charge in [-0.2, -0.15) is 5.10 Å². The summed E-state index contributed by atoms with van der Waals surface area (Å²) >= 11 is 0. The summed E-state index contributed by atoms with van der Waals surface area (Å²) < 4.78 is 1.75. The van der Waals surface area contributed by atoms with Gasteiger partial charge in [0.1, 0.15) is 5.69 Å². The van der Waals surface area contributed by atoms with Gasteiger partial charge in [0, 0.05) is 38.7 Å². The van der Waals surface area contributed by atoms with Crippen molar-refractivity contribution < 1.29 is 4.79 Å². The third kappa shape index (κ3) is 3.54. The minimum Gasteiger partial charge on any atom is -0.388 e. The number of anilines is 1. The Morgan fingerprint density at radius 2 is 2.32 bits per heavy atom. The molecule has 2 aromatic heterocycles. The second-order valence-electron chi connectivity index (χ2n) is 4.21. The van der Waals surface area contributed by atoms with Gasteiger partial charge < -0.3 is 10.6 Å². The smallest absolute Gasteiger partial charge is 0.269 e. The minimum atomic E-state index is -0.166. The zero-order chi connectivity index (χ0) is 13.7. The molecule has 0 saturated heterocycles. The van der Waals surface area contributed by atoms with Crippen LogP contribution in [0.2, 0.25) is 0 Å². The number of nitrogens with zero attached hydrogens (tertiary/aromatic N) is 3. The van der Waals surface area contributed by atoms with Crippen LogP contribution in [-0.4, -0.2) is 34.3 Å². The van der Waals surface area contributed by atoms with E-state index in [0.29, 0.717) is 12.2 Å². The van der Waals surface area contributed by atoms with Crippen LogP contribution in [-0.2, 0) is 13.5 Å². The van der Waals surface area contributed by atoms with E-state index in [9.17, 15) is 4.79 Å². The summed E-state index contributed by atoms with van der Waals surface area (Å²) in [5, 5.41) is 9.90. The predicted molar refractivity (Wildman–Crippen MR) is 73.0 cm³/mol. The van der Waals surface area contributed by atoms with E-state index in [0.717, 1.165) is 17.7 Å². The molecular weight excluding hydrogens is 242 g/mol. The summed E-state index contributed by atoms with van der Waals surface area (Å²) in [6, 6.07) is 3.53. The fourth-order valence-electron chi connectivity index (χ4n) is 1.72. The quantitative estimate of drug-likeness (QED) is 0.834. The summed E-state index contributed by atoms with van der Waals surface area (Å²) in [7, 11) is 3.68. The predicted octanol–water partition coefficient (Wildman–Crippen LogP) is 0.829.